The van der Waals surface area contributed by atoms with Crippen molar-refractivity contribution < 1.29 is 45.0 Å². The van der Waals surface area contributed by atoms with Gasteiger partial charge in [-0.15, -0.1) is 0 Å². The SMILES string of the molecule is CCCCCCCCC=CCCCCCCCC(=O)O.O=C(O)CCCCCCCCC(=O)O.OCCN(CCO)CCO. The molecule has 0 aromatic carbocycles. The Morgan fingerprint density at radius 3 is 1.00 bits per heavy atom. The third-order valence-electron chi connectivity index (χ3n) is 6.93. The molecule has 0 fully saturated rings. The van der Waals surface area contributed by atoms with Gasteiger partial charge in [-0.05, 0) is 44.9 Å². The van der Waals surface area contributed by atoms with E-state index in [2.05, 4.69) is 19.1 Å². The van der Waals surface area contributed by atoms with Crippen molar-refractivity contribution in [2.24, 2.45) is 0 Å². The molecule has 10 heteroatoms. The Morgan fingerprint density at radius 1 is 0.455 bits per heavy atom. The van der Waals surface area contributed by atoms with Gasteiger partial charge in [-0.25, -0.2) is 0 Å². The molecule has 6 N–H and O–H groups in total. The fourth-order valence-corrected chi connectivity index (χ4v) is 4.37. The van der Waals surface area contributed by atoms with E-state index in [0.29, 0.717) is 26.1 Å². The number of aliphatic carboxylic acids is 3. The molecular formula is C34H67NO9. The van der Waals surface area contributed by atoms with E-state index in [1.54, 1.807) is 4.90 Å². The predicted molar refractivity (Wildman–Crippen MR) is 177 cm³/mol. The van der Waals surface area contributed by atoms with Gasteiger partial charge in [-0.3, -0.25) is 19.3 Å². The maximum Gasteiger partial charge on any atom is 0.303 e. The van der Waals surface area contributed by atoms with Crippen LogP contribution in [0.4, 0.5) is 0 Å². The van der Waals surface area contributed by atoms with E-state index < -0.39 is 17.9 Å². The molecule has 0 amide bonds. The Kier molecular flexibility index (Phi) is 43.2. The van der Waals surface area contributed by atoms with E-state index in [0.717, 1.165) is 51.4 Å². The topological polar surface area (TPSA) is 176 Å². The van der Waals surface area contributed by atoms with Crippen molar-refractivity contribution >= 4 is 17.9 Å². The van der Waals surface area contributed by atoms with E-state index in [4.69, 9.17) is 30.6 Å². The number of carboxylic acids is 3. The van der Waals surface area contributed by atoms with Gasteiger partial charge in [0.15, 0.2) is 0 Å². The quantitative estimate of drug-likeness (QED) is 0.0371. The van der Waals surface area contributed by atoms with E-state index in [1.165, 1.54) is 70.6 Å². The smallest absolute Gasteiger partial charge is 0.303 e. The molecule has 0 heterocycles. The maximum atomic E-state index is 10.3. The summed E-state index contributed by atoms with van der Waals surface area (Å²) in [5, 5.41) is 50.7. The molecule has 0 atom stereocenters. The van der Waals surface area contributed by atoms with Crippen molar-refractivity contribution in [3.8, 4) is 0 Å². The molecule has 0 unspecified atom stereocenters. The Balaban J connectivity index is -0.000000611. The number of rotatable bonds is 30. The number of unbranched alkanes of at least 4 members (excludes halogenated alkanes) is 16. The molecule has 0 spiro atoms. The van der Waals surface area contributed by atoms with Crippen LogP contribution in [-0.4, -0.2) is 92.9 Å². The lowest BCUT2D eigenvalue weighted by atomic mass is 10.1. The summed E-state index contributed by atoms with van der Waals surface area (Å²) < 4.78 is 0. The molecule has 0 saturated carbocycles. The number of carboxylic acid groups (broad SMARTS) is 3. The monoisotopic (exact) mass is 633 g/mol. The summed E-state index contributed by atoms with van der Waals surface area (Å²) in [6.07, 6.45) is 27.1. The lowest BCUT2D eigenvalue weighted by Crippen LogP contribution is -2.32. The minimum absolute atomic E-state index is 0.0694. The fourth-order valence-electron chi connectivity index (χ4n) is 4.37. The molecule has 0 bridgehead atoms. The van der Waals surface area contributed by atoms with Crippen LogP contribution in [0.25, 0.3) is 0 Å². The Hall–Kier alpha value is -2.01. The third kappa shape index (κ3) is 49.7. The largest absolute Gasteiger partial charge is 0.481 e. The molecule has 0 aromatic heterocycles. The van der Waals surface area contributed by atoms with E-state index in [-0.39, 0.29) is 32.7 Å². The van der Waals surface area contributed by atoms with Crippen LogP contribution >= 0.6 is 0 Å². The average molecular weight is 634 g/mol. The summed E-state index contributed by atoms with van der Waals surface area (Å²) >= 11 is 0. The first-order valence-corrected chi connectivity index (χ1v) is 17.1. The minimum Gasteiger partial charge on any atom is -0.481 e. The number of aliphatic hydroxyl groups excluding tert-OH is 3. The Morgan fingerprint density at radius 2 is 0.727 bits per heavy atom. The van der Waals surface area contributed by atoms with Gasteiger partial charge in [-0.1, -0.05) is 96.1 Å². The molecule has 0 rings (SSSR count). The lowest BCUT2D eigenvalue weighted by molar-refractivity contribution is -0.138. The zero-order valence-electron chi connectivity index (χ0n) is 27.8. The highest BCUT2D eigenvalue weighted by atomic mass is 16.4. The molecular weight excluding hydrogens is 566 g/mol. The van der Waals surface area contributed by atoms with Gasteiger partial charge in [0.1, 0.15) is 0 Å². The maximum absolute atomic E-state index is 10.3. The second kappa shape index (κ2) is 41.0. The highest BCUT2D eigenvalue weighted by Crippen LogP contribution is 2.10. The highest BCUT2D eigenvalue weighted by Gasteiger charge is 2.01. The molecule has 262 valence electrons. The molecule has 10 nitrogen and oxygen atoms in total. The van der Waals surface area contributed by atoms with Crippen molar-refractivity contribution in [2.75, 3.05) is 39.5 Å². The predicted octanol–water partition coefficient (Wildman–Crippen LogP) is 6.65. The lowest BCUT2D eigenvalue weighted by Gasteiger charge is -2.17. The summed E-state index contributed by atoms with van der Waals surface area (Å²) in [4.78, 5) is 32.4. The third-order valence-corrected chi connectivity index (χ3v) is 6.93. The standard InChI is InChI=1S/C18H34O2.C10H18O4.C6H15NO3/c1-2-3-4-5-6-7-8-9-10-11-12-13-14-15-16-17-18(19)20;11-9(12)7-5-3-1-2-4-6-8-10(13)14;8-4-1-7(2-5-9)3-6-10/h9-10H,2-8,11-17H2,1H3,(H,19,20);1-8H2,(H,11,12)(H,13,14);8-10H,1-6H2. The van der Waals surface area contributed by atoms with Gasteiger partial charge in [0.2, 0.25) is 0 Å². The first-order chi connectivity index (χ1) is 21.2. The van der Waals surface area contributed by atoms with E-state index in [1.807, 2.05) is 0 Å². The fraction of sp³-hybridized carbons (Fsp3) is 0.853. The highest BCUT2D eigenvalue weighted by molar-refractivity contribution is 5.67. The average Bonchev–Trinajstić information content (AvgIpc) is 2.97. The molecule has 0 radical (unpaired) electrons. The van der Waals surface area contributed by atoms with Gasteiger partial charge >= 0.3 is 17.9 Å². The molecule has 0 aliphatic heterocycles. The number of aliphatic hydroxyl groups is 3. The van der Waals surface area contributed by atoms with Crippen molar-refractivity contribution in [3.63, 3.8) is 0 Å². The van der Waals surface area contributed by atoms with Crippen molar-refractivity contribution in [2.45, 2.75) is 148 Å². The summed E-state index contributed by atoms with van der Waals surface area (Å²) in [7, 11) is 0. The normalized spacial score (nSPS) is 10.8. The molecule has 0 aliphatic carbocycles. The van der Waals surface area contributed by atoms with E-state index in [9.17, 15) is 14.4 Å². The number of carbonyl (C=O) groups is 3. The molecule has 0 saturated heterocycles. The summed E-state index contributed by atoms with van der Waals surface area (Å²) in [5.74, 6) is -2.14. The molecule has 0 aromatic rings. The van der Waals surface area contributed by atoms with Crippen LogP contribution in [0, 0.1) is 0 Å². The van der Waals surface area contributed by atoms with Crippen LogP contribution in [0.5, 0.6) is 0 Å². The molecule has 0 aliphatic rings. The zero-order valence-corrected chi connectivity index (χ0v) is 27.8. The van der Waals surface area contributed by atoms with Gasteiger partial charge in [0.25, 0.3) is 0 Å². The van der Waals surface area contributed by atoms with Gasteiger partial charge in [0, 0.05) is 38.9 Å². The van der Waals surface area contributed by atoms with Crippen LogP contribution in [0.3, 0.4) is 0 Å². The van der Waals surface area contributed by atoms with Crippen LogP contribution in [-0.2, 0) is 14.4 Å². The van der Waals surface area contributed by atoms with Crippen LogP contribution in [0.1, 0.15) is 148 Å². The van der Waals surface area contributed by atoms with Crippen molar-refractivity contribution in [1.29, 1.82) is 0 Å². The summed E-state index contributed by atoms with van der Waals surface area (Å²) in [6, 6.07) is 0. The first kappa shape index (κ1) is 46.4. The number of nitrogens with zero attached hydrogens (tertiary/aromatic N) is 1. The first-order valence-electron chi connectivity index (χ1n) is 17.1. The minimum atomic E-state index is -0.740. The van der Waals surface area contributed by atoms with Gasteiger partial charge in [-0.2, -0.15) is 0 Å². The zero-order chi connectivity index (χ0) is 33.5. The summed E-state index contributed by atoms with van der Waals surface area (Å²) in [6.45, 7) is 4.01. The second-order valence-corrected chi connectivity index (χ2v) is 11.1. The number of hydrogen-bond donors (Lipinski definition) is 6. The Labute approximate surface area is 267 Å². The van der Waals surface area contributed by atoms with Gasteiger partial charge in [0.05, 0.1) is 19.8 Å². The second-order valence-electron chi connectivity index (χ2n) is 11.1. The van der Waals surface area contributed by atoms with Crippen molar-refractivity contribution in [3.05, 3.63) is 12.2 Å². The van der Waals surface area contributed by atoms with Gasteiger partial charge < -0.3 is 30.6 Å². The number of hydrogen-bond acceptors (Lipinski definition) is 7. The van der Waals surface area contributed by atoms with Crippen LogP contribution < -0.4 is 0 Å². The van der Waals surface area contributed by atoms with Crippen molar-refractivity contribution in [1.82, 2.24) is 4.90 Å². The summed E-state index contributed by atoms with van der Waals surface area (Å²) in [5.41, 5.74) is 0. The van der Waals surface area contributed by atoms with E-state index >= 15 is 0 Å². The molecule has 44 heavy (non-hydrogen) atoms. The van der Waals surface area contributed by atoms with Crippen LogP contribution in [0.2, 0.25) is 0 Å². The van der Waals surface area contributed by atoms with Crippen LogP contribution in [0.15, 0.2) is 12.2 Å². The Bertz CT molecular complexity index is 610. The number of allylic oxidation sites excluding steroid dienone is 2.